The van der Waals surface area contributed by atoms with Crippen molar-refractivity contribution in [2.24, 2.45) is 0 Å². The maximum atomic E-state index is 13.1. The maximum Gasteiger partial charge on any atom is 0.253 e. The molecule has 4 atom stereocenters. The highest BCUT2D eigenvalue weighted by molar-refractivity contribution is 8.00. The van der Waals surface area contributed by atoms with Crippen molar-refractivity contribution >= 4 is 46.8 Å². The van der Waals surface area contributed by atoms with Crippen molar-refractivity contribution in [3.63, 3.8) is 0 Å². The maximum absolute atomic E-state index is 13.1. The summed E-state index contributed by atoms with van der Waals surface area (Å²) in [6.07, 6.45) is 0. The van der Waals surface area contributed by atoms with Gasteiger partial charge < -0.3 is 0 Å². The number of alkyl halides is 2. The van der Waals surface area contributed by atoms with Crippen molar-refractivity contribution in [1.82, 2.24) is 4.90 Å². The van der Waals surface area contributed by atoms with Crippen molar-refractivity contribution in [2.45, 2.75) is 25.3 Å². The van der Waals surface area contributed by atoms with E-state index in [1.54, 1.807) is 11.8 Å². The number of halogens is 2. The van der Waals surface area contributed by atoms with Gasteiger partial charge in [0.2, 0.25) is 0 Å². The Bertz CT molecular complexity index is 951. The topological polar surface area (TPSA) is 37.4 Å². The standard InChI is InChI=1S/C19H13Cl2NO2S/c1-22-15(23)18(20)14-17(19(18,21)16(22)24,11-7-3-2-4-8-11)12-9-5-6-10-13(12)25-14/h2-10,14H,1H3/t14-,17+,18+,19+/m1/s1. The average Bonchev–Trinajstić information content (AvgIpc) is 3.04. The molecule has 2 aliphatic heterocycles. The predicted octanol–water partition coefficient (Wildman–Crippen LogP) is 3.41. The zero-order valence-corrected chi connectivity index (χ0v) is 15.5. The first-order valence-corrected chi connectivity index (χ1v) is 9.57. The normalized spacial score (nSPS) is 38.2. The Labute approximate surface area is 159 Å². The highest BCUT2D eigenvalue weighted by atomic mass is 35.5. The van der Waals surface area contributed by atoms with E-state index < -0.39 is 27.0 Å². The number of likely N-dealkylation sites (tertiary alicyclic amines) is 1. The second-order valence-corrected chi connectivity index (χ2v) is 9.02. The fourth-order valence-electron chi connectivity index (χ4n) is 4.75. The number of imide groups is 1. The Morgan fingerprint density at radius 3 is 2.32 bits per heavy atom. The summed E-state index contributed by atoms with van der Waals surface area (Å²) < 4.78 is 0. The lowest BCUT2D eigenvalue weighted by molar-refractivity contribution is -0.137. The summed E-state index contributed by atoms with van der Waals surface area (Å²) >= 11 is 15.4. The monoisotopic (exact) mass is 389 g/mol. The van der Waals surface area contributed by atoms with Gasteiger partial charge in [-0.15, -0.1) is 35.0 Å². The Morgan fingerprint density at radius 1 is 0.960 bits per heavy atom. The number of nitrogens with zero attached hydrogens (tertiary/aromatic N) is 1. The van der Waals surface area contributed by atoms with Gasteiger partial charge in [0, 0.05) is 11.9 Å². The van der Waals surface area contributed by atoms with Gasteiger partial charge in [-0.1, -0.05) is 48.5 Å². The van der Waals surface area contributed by atoms with Gasteiger partial charge in [0.15, 0.2) is 9.75 Å². The van der Waals surface area contributed by atoms with Crippen LogP contribution >= 0.6 is 35.0 Å². The van der Waals surface area contributed by atoms with E-state index in [1.165, 1.54) is 7.05 Å². The van der Waals surface area contributed by atoms with E-state index in [0.29, 0.717) is 0 Å². The molecule has 0 spiro atoms. The molecule has 0 aromatic heterocycles. The van der Waals surface area contributed by atoms with E-state index >= 15 is 0 Å². The van der Waals surface area contributed by atoms with Crippen LogP contribution in [0.2, 0.25) is 0 Å². The lowest BCUT2D eigenvalue weighted by atomic mass is 9.47. The molecular weight excluding hydrogens is 377 g/mol. The summed E-state index contributed by atoms with van der Waals surface area (Å²) in [7, 11) is 1.46. The average molecular weight is 390 g/mol. The third kappa shape index (κ3) is 1.36. The largest absolute Gasteiger partial charge is 0.282 e. The molecule has 2 amide bonds. The molecule has 2 fully saturated rings. The fourth-order valence-corrected chi connectivity index (χ4v) is 7.99. The van der Waals surface area contributed by atoms with E-state index in [4.69, 9.17) is 23.2 Å². The van der Waals surface area contributed by atoms with Crippen molar-refractivity contribution in [2.75, 3.05) is 7.05 Å². The van der Waals surface area contributed by atoms with Gasteiger partial charge in [0.05, 0.1) is 10.7 Å². The molecule has 0 N–H and O–H groups in total. The van der Waals surface area contributed by atoms with Crippen molar-refractivity contribution in [3.05, 3.63) is 65.7 Å². The molecule has 126 valence electrons. The van der Waals surface area contributed by atoms with Crippen LogP contribution in [-0.4, -0.2) is 38.8 Å². The quantitative estimate of drug-likeness (QED) is 0.553. The SMILES string of the molecule is CN1C(=O)[C@]2(Cl)[C@@]3(c4ccccc4)c4ccccc4S[C@H]3[C@]2(Cl)C1=O. The highest BCUT2D eigenvalue weighted by Gasteiger charge is 2.92. The number of hydrogen-bond acceptors (Lipinski definition) is 3. The molecule has 3 aliphatic rings. The zero-order valence-electron chi connectivity index (χ0n) is 13.2. The molecule has 0 bridgehead atoms. The summed E-state index contributed by atoms with van der Waals surface area (Å²) in [5.41, 5.74) is 1.06. The van der Waals surface area contributed by atoms with Crippen LogP contribution in [0.3, 0.4) is 0 Å². The Kier molecular flexibility index (Phi) is 2.91. The summed E-state index contributed by atoms with van der Waals surface area (Å²) in [4.78, 5) is 25.1. The number of benzene rings is 2. The molecule has 2 aromatic carbocycles. The molecule has 5 rings (SSSR count). The van der Waals surface area contributed by atoms with Crippen molar-refractivity contribution in [1.29, 1.82) is 0 Å². The number of thioether (sulfide) groups is 1. The number of carbonyl (C=O) groups is 2. The number of hydrogen-bond donors (Lipinski definition) is 0. The van der Waals surface area contributed by atoms with Crippen LogP contribution in [0.15, 0.2) is 59.5 Å². The van der Waals surface area contributed by atoms with Crippen LogP contribution < -0.4 is 0 Å². The summed E-state index contributed by atoms with van der Waals surface area (Å²) in [6, 6.07) is 17.6. The summed E-state index contributed by atoms with van der Waals surface area (Å²) in [5, 5.41) is -0.333. The molecular formula is C19H13Cl2NO2S. The van der Waals surface area contributed by atoms with Crippen molar-refractivity contribution < 1.29 is 9.59 Å². The number of carbonyl (C=O) groups excluding carboxylic acids is 2. The van der Waals surface area contributed by atoms with Gasteiger partial charge in [-0.2, -0.15) is 0 Å². The van der Waals surface area contributed by atoms with Gasteiger partial charge in [0.1, 0.15) is 0 Å². The minimum atomic E-state index is -1.53. The molecule has 6 heteroatoms. The fraction of sp³-hybridized carbons (Fsp3) is 0.263. The Morgan fingerprint density at radius 2 is 1.60 bits per heavy atom. The van der Waals surface area contributed by atoms with Gasteiger partial charge >= 0.3 is 0 Å². The van der Waals surface area contributed by atoms with E-state index in [1.807, 2.05) is 54.6 Å². The van der Waals surface area contributed by atoms with Crippen molar-refractivity contribution in [3.8, 4) is 0 Å². The third-order valence-electron chi connectivity index (χ3n) is 5.80. The first kappa shape index (κ1) is 15.7. The van der Waals surface area contributed by atoms with Crippen LogP contribution in [0.1, 0.15) is 11.1 Å². The molecule has 1 saturated carbocycles. The minimum Gasteiger partial charge on any atom is -0.282 e. The molecule has 2 aromatic rings. The van der Waals surface area contributed by atoms with E-state index in [0.717, 1.165) is 20.9 Å². The summed E-state index contributed by atoms with van der Waals surface area (Å²) in [6.45, 7) is 0. The van der Waals surface area contributed by atoms with Gasteiger partial charge in [0.25, 0.3) is 11.8 Å². The molecule has 3 nitrogen and oxygen atoms in total. The lowest BCUT2D eigenvalue weighted by Gasteiger charge is -2.62. The van der Waals surface area contributed by atoms with Gasteiger partial charge in [-0.3, -0.25) is 14.5 Å². The van der Waals surface area contributed by atoms with Gasteiger partial charge in [-0.25, -0.2) is 0 Å². The van der Waals surface area contributed by atoms with Crippen LogP contribution in [-0.2, 0) is 15.0 Å². The number of rotatable bonds is 1. The minimum absolute atomic E-state index is 0.333. The molecule has 25 heavy (non-hydrogen) atoms. The first-order valence-electron chi connectivity index (χ1n) is 7.94. The zero-order chi connectivity index (χ0) is 17.6. The predicted molar refractivity (Wildman–Crippen MR) is 98.3 cm³/mol. The Hall–Kier alpha value is -1.49. The summed E-state index contributed by atoms with van der Waals surface area (Å²) in [5.74, 6) is -0.836. The van der Waals surface area contributed by atoms with Crippen LogP contribution in [0, 0.1) is 0 Å². The Balaban J connectivity index is 1.89. The smallest absolute Gasteiger partial charge is 0.253 e. The highest BCUT2D eigenvalue weighted by Crippen LogP contribution is 2.78. The second-order valence-electron chi connectivity index (χ2n) is 6.71. The van der Waals surface area contributed by atoms with Crippen LogP contribution in [0.4, 0.5) is 0 Å². The van der Waals surface area contributed by atoms with E-state index in [-0.39, 0.29) is 5.25 Å². The lowest BCUT2D eigenvalue weighted by Crippen LogP contribution is -2.81. The molecule has 1 aliphatic carbocycles. The molecule has 1 saturated heterocycles. The van der Waals surface area contributed by atoms with Crippen LogP contribution in [0.5, 0.6) is 0 Å². The molecule has 0 radical (unpaired) electrons. The number of fused-ring (bicyclic) bond motifs is 6. The first-order chi connectivity index (χ1) is 11.9. The second kappa shape index (κ2) is 4.61. The molecule has 0 unspecified atom stereocenters. The number of amides is 2. The molecule has 2 heterocycles. The van der Waals surface area contributed by atoms with E-state index in [9.17, 15) is 9.59 Å². The van der Waals surface area contributed by atoms with Gasteiger partial charge in [-0.05, 0) is 17.2 Å². The van der Waals surface area contributed by atoms with E-state index in [2.05, 4.69) is 0 Å². The third-order valence-corrected chi connectivity index (χ3v) is 9.00. The van der Waals surface area contributed by atoms with Crippen LogP contribution in [0.25, 0.3) is 0 Å².